The highest BCUT2D eigenvalue weighted by molar-refractivity contribution is 6.00. The molecule has 1 aliphatic rings. The van der Waals surface area contributed by atoms with Crippen molar-refractivity contribution < 1.29 is 19.4 Å². The van der Waals surface area contributed by atoms with Gasteiger partial charge in [-0.2, -0.15) is 0 Å². The summed E-state index contributed by atoms with van der Waals surface area (Å²) in [5.74, 6) is 0.491. The van der Waals surface area contributed by atoms with Crippen LogP contribution in [0.2, 0.25) is 0 Å². The molecule has 1 atom stereocenters. The molecule has 4 rings (SSSR count). The molecule has 0 saturated carbocycles. The van der Waals surface area contributed by atoms with Crippen LogP contribution in [0, 0.1) is 0 Å². The number of nitrogens with zero attached hydrogens (tertiary/aromatic N) is 1. The maximum absolute atomic E-state index is 11.6. The van der Waals surface area contributed by atoms with Crippen molar-refractivity contribution in [2.45, 2.75) is 13.0 Å². The van der Waals surface area contributed by atoms with E-state index >= 15 is 0 Å². The molecule has 7 nitrogen and oxygen atoms in total. The van der Waals surface area contributed by atoms with Crippen molar-refractivity contribution in [2.75, 3.05) is 38.1 Å². The van der Waals surface area contributed by atoms with Gasteiger partial charge in [0.25, 0.3) is 0 Å². The minimum Gasteiger partial charge on any atom is -0.490 e. The highest BCUT2D eigenvalue weighted by atomic mass is 16.5. The Hall–Kier alpha value is -3.42. The molecule has 166 valence electrons. The van der Waals surface area contributed by atoms with Crippen LogP contribution in [0.15, 0.2) is 60.7 Å². The summed E-state index contributed by atoms with van der Waals surface area (Å²) in [5.41, 5.74) is 2.52. The van der Waals surface area contributed by atoms with E-state index in [-0.39, 0.29) is 25.0 Å². The molecule has 0 radical (unpaired) electrons. The smallest absolute Gasteiger partial charge is 0.234 e. The highest BCUT2D eigenvalue weighted by Gasteiger charge is 2.20. The molecular weight excluding hydrogens is 406 g/mol. The monoisotopic (exact) mass is 433 g/mol. The van der Waals surface area contributed by atoms with Gasteiger partial charge in [-0.05, 0) is 34.5 Å². The summed E-state index contributed by atoms with van der Waals surface area (Å²) < 4.78 is 6.09. The van der Waals surface area contributed by atoms with Crippen molar-refractivity contribution in [3.8, 4) is 16.9 Å². The first-order chi connectivity index (χ1) is 15.5. The Labute approximate surface area is 187 Å². The molecule has 1 aliphatic heterocycles. The van der Waals surface area contributed by atoms with Gasteiger partial charge in [0.05, 0.1) is 6.54 Å². The first kappa shape index (κ1) is 21.8. The molecule has 7 heteroatoms. The minimum absolute atomic E-state index is 0.0276. The molecule has 32 heavy (non-hydrogen) atoms. The third kappa shape index (κ3) is 5.25. The van der Waals surface area contributed by atoms with E-state index in [0.717, 1.165) is 21.9 Å². The van der Waals surface area contributed by atoms with E-state index in [0.29, 0.717) is 31.1 Å². The van der Waals surface area contributed by atoms with E-state index in [4.69, 9.17) is 4.74 Å². The summed E-state index contributed by atoms with van der Waals surface area (Å²) in [6, 6.07) is 19.6. The molecular formula is C25H27N3O4. The van der Waals surface area contributed by atoms with Crippen molar-refractivity contribution in [2.24, 2.45) is 0 Å². The zero-order valence-electron chi connectivity index (χ0n) is 18.0. The molecule has 2 amide bonds. The van der Waals surface area contributed by atoms with Crippen LogP contribution in [0.3, 0.4) is 0 Å². The van der Waals surface area contributed by atoms with Crippen molar-refractivity contribution in [3.05, 3.63) is 60.7 Å². The Morgan fingerprint density at radius 1 is 1.19 bits per heavy atom. The maximum atomic E-state index is 11.6. The number of rotatable bonds is 7. The van der Waals surface area contributed by atoms with Gasteiger partial charge in [-0.15, -0.1) is 0 Å². The normalized spacial score (nSPS) is 15.2. The molecule has 1 heterocycles. The number of aliphatic hydroxyl groups excluding tert-OH is 1. The van der Waals surface area contributed by atoms with Crippen LogP contribution in [0.1, 0.15) is 6.92 Å². The zero-order chi connectivity index (χ0) is 22.5. The van der Waals surface area contributed by atoms with Crippen LogP contribution < -0.4 is 15.4 Å². The van der Waals surface area contributed by atoms with Crippen molar-refractivity contribution >= 4 is 28.3 Å². The zero-order valence-corrected chi connectivity index (χ0v) is 18.0. The van der Waals surface area contributed by atoms with E-state index < -0.39 is 6.10 Å². The van der Waals surface area contributed by atoms with Gasteiger partial charge in [0.2, 0.25) is 11.8 Å². The summed E-state index contributed by atoms with van der Waals surface area (Å²) in [5, 5.41) is 18.2. The molecule has 3 aromatic rings. The number of anilines is 1. The number of benzene rings is 3. The lowest BCUT2D eigenvalue weighted by Crippen LogP contribution is -2.50. The molecule has 0 aliphatic carbocycles. The van der Waals surface area contributed by atoms with Crippen LogP contribution in [0.25, 0.3) is 21.9 Å². The van der Waals surface area contributed by atoms with E-state index in [1.54, 1.807) is 0 Å². The van der Waals surface area contributed by atoms with Gasteiger partial charge in [-0.3, -0.25) is 14.5 Å². The number of hydrogen-bond donors (Lipinski definition) is 3. The van der Waals surface area contributed by atoms with E-state index in [1.165, 1.54) is 6.92 Å². The third-order valence-corrected chi connectivity index (χ3v) is 5.38. The number of piperazine rings is 1. The number of amides is 2. The van der Waals surface area contributed by atoms with E-state index in [2.05, 4.69) is 10.6 Å². The first-order valence-corrected chi connectivity index (χ1v) is 10.7. The number of nitrogens with one attached hydrogen (secondary N) is 2. The number of fused-ring (bicyclic) bond motifs is 1. The Morgan fingerprint density at radius 3 is 2.84 bits per heavy atom. The fraction of sp³-hybridized carbons (Fsp3) is 0.280. The molecule has 1 unspecified atom stereocenters. The lowest BCUT2D eigenvalue weighted by molar-refractivity contribution is -0.124. The maximum Gasteiger partial charge on any atom is 0.234 e. The van der Waals surface area contributed by atoms with Crippen molar-refractivity contribution in [3.63, 3.8) is 0 Å². The van der Waals surface area contributed by atoms with Crippen LogP contribution in [-0.4, -0.2) is 60.7 Å². The Balaban J connectivity index is 1.59. The summed E-state index contributed by atoms with van der Waals surface area (Å²) in [4.78, 5) is 25.0. The van der Waals surface area contributed by atoms with E-state index in [1.807, 2.05) is 65.6 Å². The fourth-order valence-corrected chi connectivity index (χ4v) is 4.01. The molecule has 1 fully saturated rings. The number of aliphatic hydroxyl groups is 1. The van der Waals surface area contributed by atoms with Gasteiger partial charge < -0.3 is 20.5 Å². The molecule has 1 saturated heterocycles. The number of carbonyl (C=O) groups is 2. The highest BCUT2D eigenvalue weighted by Crippen LogP contribution is 2.38. The van der Waals surface area contributed by atoms with Gasteiger partial charge in [0, 0.05) is 37.8 Å². The number of ether oxygens (including phenoxy) is 1. The average molecular weight is 434 g/mol. The predicted octanol–water partition coefficient (Wildman–Crippen LogP) is 2.64. The summed E-state index contributed by atoms with van der Waals surface area (Å²) in [7, 11) is 0. The fourth-order valence-electron chi connectivity index (χ4n) is 4.01. The van der Waals surface area contributed by atoms with Crippen LogP contribution >= 0.6 is 0 Å². The first-order valence-electron chi connectivity index (χ1n) is 10.7. The second kappa shape index (κ2) is 9.80. The third-order valence-electron chi connectivity index (χ3n) is 5.38. The Bertz CT molecular complexity index is 1130. The van der Waals surface area contributed by atoms with Gasteiger partial charge in [0.1, 0.15) is 18.5 Å². The standard InChI is InChI=1S/C25H27N3O4/c1-17(29)27-20-7-4-6-19(13-20)25-22-8-3-2-5-18(22)9-10-23(25)32-16-21(30)14-28-12-11-26-24(31)15-28/h2-10,13,21,30H,11-12,14-16H2,1H3,(H,26,31)(H,27,29). The van der Waals surface area contributed by atoms with Crippen LogP contribution in [0.4, 0.5) is 5.69 Å². The van der Waals surface area contributed by atoms with Gasteiger partial charge in [-0.1, -0.05) is 42.5 Å². The number of carbonyl (C=O) groups excluding carboxylic acids is 2. The van der Waals surface area contributed by atoms with Crippen LogP contribution in [0.5, 0.6) is 5.75 Å². The van der Waals surface area contributed by atoms with Crippen LogP contribution in [-0.2, 0) is 9.59 Å². The Kier molecular flexibility index (Phi) is 6.68. The lowest BCUT2D eigenvalue weighted by atomic mass is 9.96. The number of β-amino-alcohol motifs (C(OH)–C–C–N with tert-alkyl or cyclic N) is 1. The van der Waals surface area contributed by atoms with Gasteiger partial charge in [-0.25, -0.2) is 0 Å². The predicted molar refractivity (Wildman–Crippen MR) is 125 cm³/mol. The molecule has 0 aromatic heterocycles. The SMILES string of the molecule is CC(=O)Nc1cccc(-c2c(OCC(O)CN3CCNC(=O)C3)ccc3ccccc23)c1. The summed E-state index contributed by atoms with van der Waals surface area (Å²) in [6.45, 7) is 3.54. The minimum atomic E-state index is -0.731. The molecule has 3 N–H and O–H groups in total. The molecule has 0 bridgehead atoms. The average Bonchev–Trinajstić information content (AvgIpc) is 2.77. The molecule has 3 aromatic carbocycles. The summed E-state index contributed by atoms with van der Waals surface area (Å²) in [6.07, 6.45) is -0.731. The van der Waals surface area contributed by atoms with Crippen molar-refractivity contribution in [1.82, 2.24) is 10.2 Å². The van der Waals surface area contributed by atoms with Gasteiger partial charge >= 0.3 is 0 Å². The van der Waals surface area contributed by atoms with Crippen molar-refractivity contribution in [1.29, 1.82) is 0 Å². The second-order valence-electron chi connectivity index (χ2n) is 7.97. The van der Waals surface area contributed by atoms with Gasteiger partial charge in [0.15, 0.2) is 0 Å². The lowest BCUT2D eigenvalue weighted by Gasteiger charge is -2.28. The number of hydrogen-bond acceptors (Lipinski definition) is 5. The summed E-state index contributed by atoms with van der Waals surface area (Å²) >= 11 is 0. The molecule has 0 spiro atoms. The largest absolute Gasteiger partial charge is 0.490 e. The quantitative estimate of drug-likeness (QED) is 0.533. The topological polar surface area (TPSA) is 90.9 Å². The second-order valence-corrected chi connectivity index (χ2v) is 7.97. The Morgan fingerprint density at radius 2 is 2.03 bits per heavy atom. The van der Waals surface area contributed by atoms with E-state index in [9.17, 15) is 14.7 Å².